The Hall–Kier alpha value is -3.17. The maximum Gasteiger partial charge on any atom is 0.317 e. The van der Waals surface area contributed by atoms with E-state index >= 15 is 0 Å². The average Bonchev–Trinajstić information content (AvgIpc) is 2.82. The first-order chi connectivity index (χ1) is 15.9. The number of piperazine rings is 1. The Labute approximate surface area is 192 Å². The number of carbonyl (C=O) groups is 2. The third kappa shape index (κ3) is 4.94. The molecule has 0 bridgehead atoms. The summed E-state index contributed by atoms with van der Waals surface area (Å²) < 4.78 is 6.67. The lowest BCUT2D eigenvalue weighted by Gasteiger charge is -2.41. The van der Waals surface area contributed by atoms with Crippen LogP contribution in [0.4, 0.5) is 10.6 Å². The van der Waals surface area contributed by atoms with Crippen LogP contribution in [0.5, 0.6) is 0 Å². The second kappa shape index (κ2) is 9.76. The van der Waals surface area contributed by atoms with Crippen LogP contribution >= 0.6 is 0 Å². The summed E-state index contributed by atoms with van der Waals surface area (Å²) >= 11 is 0. The molecule has 2 fully saturated rings. The monoisotopic (exact) mass is 456 g/mol. The quantitative estimate of drug-likeness (QED) is 0.684. The number of anilines is 1. The van der Waals surface area contributed by atoms with E-state index in [0.29, 0.717) is 49.8 Å². The lowest BCUT2D eigenvalue weighted by molar-refractivity contribution is -0.145. The summed E-state index contributed by atoms with van der Waals surface area (Å²) in [5.74, 6) is 0.112. The van der Waals surface area contributed by atoms with Crippen LogP contribution in [-0.2, 0) is 16.6 Å². The molecule has 2 amide bonds. The second-order valence-corrected chi connectivity index (χ2v) is 8.87. The highest BCUT2D eigenvalue weighted by Crippen LogP contribution is 2.32. The molecule has 2 aliphatic rings. The minimum absolute atomic E-state index is 0.163. The van der Waals surface area contributed by atoms with E-state index in [1.807, 2.05) is 11.0 Å². The molecule has 0 unspecified atom stereocenters. The van der Waals surface area contributed by atoms with Crippen molar-refractivity contribution in [2.45, 2.75) is 51.0 Å². The van der Waals surface area contributed by atoms with Gasteiger partial charge in [0, 0.05) is 39.4 Å². The summed E-state index contributed by atoms with van der Waals surface area (Å²) in [5.41, 5.74) is 0.466. The number of fused-ring (bicyclic) bond motifs is 1. The molecule has 0 spiro atoms. The predicted octanol–water partition coefficient (Wildman–Crippen LogP) is 1.82. The third-order valence-electron chi connectivity index (χ3n) is 6.64. The van der Waals surface area contributed by atoms with Crippen molar-refractivity contribution in [1.29, 1.82) is 0 Å². The number of pyridine rings is 1. The number of esters is 1. The summed E-state index contributed by atoms with van der Waals surface area (Å²) in [4.78, 5) is 50.6. The molecule has 178 valence electrons. The van der Waals surface area contributed by atoms with Gasteiger partial charge in [0.25, 0.3) is 5.56 Å². The van der Waals surface area contributed by atoms with Crippen LogP contribution in [0.15, 0.2) is 23.1 Å². The Morgan fingerprint density at radius 2 is 1.88 bits per heavy atom. The van der Waals surface area contributed by atoms with Crippen LogP contribution in [-0.4, -0.2) is 69.8 Å². The van der Waals surface area contributed by atoms with E-state index < -0.39 is 5.54 Å². The van der Waals surface area contributed by atoms with E-state index in [4.69, 9.17) is 4.74 Å². The first-order valence-corrected chi connectivity index (χ1v) is 11.7. The topological polar surface area (TPSA) is 110 Å². The van der Waals surface area contributed by atoms with E-state index in [2.05, 4.69) is 15.3 Å². The molecule has 10 heteroatoms. The lowest BCUT2D eigenvalue weighted by Crippen LogP contribution is -2.59. The van der Waals surface area contributed by atoms with Crippen molar-refractivity contribution in [2.75, 3.05) is 37.7 Å². The molecule has 10 nitrogen and oxygen atoms in total. The van der Waals surface area contributed by atoms with Crippen LogP contribution in [0.25, 0.3) is 11.2 Å². The van der Waals surface area contributed by atoms with Gasteiger partial charge in [-0.05, 0) is 31.9 Å². The van der Waals surface area contributed by atoms with Crippen LogP contribution < -0.4 is 15.8 Å². The van der Waals surface area contributed by atoms with E-state index in [1.54, 1.807) is 31.1 Å². The standard InChI is InChI=1S/C23H32N6O4/c1-3-33-18(30)16-23(9-5-4-6-10-23)26-22(32)29-14-12-28(13-15-29)20-21(31)27(2)19-17(25-20)8-7-11-24-19/h7-8,11H,3-6,9-10,12-16H2,1-2H3,(H,26,32). The van der Waals surface area contributed by atoms with E-state index in [0.717, 1.165) is 32.1 Å². The Morgan fingerprint density at radius 3 is 2.58 bits per heavy atom. The van der Waals surface area contributed by atoms with Gasteiger partial charge in [0.15, 0.2) is 11.5 Å². The molecule has 2 aromatic heterocycles. The highest BCUT2D eigenvalue weighted by molar-refractivity contribution is 5.78. The molecule has 4 rings (SSSR count). The molecule has 1 aliphatic carbocycles. The average molecular weight is 457 g/mol. The molecular weight excluding hydrogens is 424 g/mol. The first kappa shape index (κ1) is 23.0. The number of carbonyl (C=O) groups excluding carboxylic acids is 2. The van der Waals surface area contributed by atoms with Gasteiger partial charge in [-0.2, -0.15) is 0 Å². The van der Waals surface area contributed by atoms with Crippen LogP contribution in [0.1, 0.15) is 45.4 Å². The molecule has 3 heterocycles. The third-order valence-corrected chi connectivity index (χ3v) is 6.64. The number of hydrogen-bond donors (Lipinski definition) is 1. The number of nitrogens with one attached hydrogen (secondary N) is 1. The van der Waals surface area contributed by atoms with Crippen molar-refractivity contribution in [3.05, 3.63) is 28.7 Å². The molecule has 1 N–H and O–H groups in total. The van der Waals surface area contributed by atoms with Gasteiger partial charge in [0.1, 0.15) is 5.52 Å². The number of nitrogens with zero attached hydrogens (tertiary/aromatic N) is 5. The van der Waals surface area contributed by atoms with E-state index in [9.17, 15) is 14.4 Å². The highest BCUT2D eigenvalue weighted by atomic mass is 16.5. The van der Waals surface area contributed by atoms with Gasteiger partial charge in [-0.1, -0.05) is 19.3 Å². The van der Waals surface area contributed by atoms with Crippen molar-refractivity contribution < 1.29 is 14.3 Å². The van der Waals surface area contributed by atoms with Crippen molar-refractivity contribution in [3.8, 4) is 0 Å². The summed E-state index contributed by atoms with van der Waals surface area (Å²) in [6.07, 6.45) is 6.49. The van der Waals surface area contributed by atoms with Crippen molar-refractivity contribution in [2.24, 2.45) is 7.05 Å². The fourth-order valence-electron chi connectivity index (χ4n) is 4.84. The molecule has 0 aromatic carbocycles. The summed E-state index contributed by atoms with van der Waals surface area (Å²) in [6.45, 7) is 4.08. The zero-order chi connectivity index (χ0) is 23.4. The zero-order valence-electron chi connectivity index (χ0n) is 19.4. The molecule has 0 radical (unpaired) electrons. The largest absolute Gasteiger partial charge is 0.466 e. The summed E-state index contributed by atoms with van der Waals surface area (Å²) in [6, 6.07) is 3.47. The number of aryl methyl sites for hydroxylation is 1. The minimum atomic E-state index is -0.540. The Kier molecular flexibility index (Phi) is 6.80. The van der Waals surface area contributed by atoms with Crippen LogP contribution in [0.3, 0.4) is 0 Å². The zero-order valence-corrected chi connectivity index (χ0v) is 19.4. The van der Waals surface area contributed by atoms with Gasteiger partial charge in [-0.25, -0.2) is 14.8 Å². The molecule has 1 saturated heterocycles. The normalized spacial score (nSPS) is 18.2. The molecule has 2 aromatic rings. The SMILES string of the molecule is CCOC(=O)CC1(NC(=O)N2CCN(c3nc4cccnc4n(C)c3=O)CC2)CCCCC1. The Morgan fingerprint density at radius 1 is 1.15 bits per heavy atom. The van der Waals surface area contributed by atoms with E-state index in [1.165, 1.54) is 4.57 Å². The van der Waals surface area contributed by atoms with Gasteiger partial charge >= 0.3 is 12.0 Å². The number of aromatic nitrogens is 3. The number of amides is 2. The highest BCUT2D eigenvalue weighted by Gasteiger charge is 2.38. The van der Waals surface area contributed by atoms with Gasteiger partial charge in [-0.3, -0.25) is 14.2 Å². The Bertz CT molecular complexity index is 1070. The smallest absolute Gasteiger partial charge is 0.317 e. The second-order valence-electron chi connectivity index (χ2n) is 8.87. The van der Waals surface area contributed by atoms with Crippen molar-refractivity contribution >= 4 is 29.0 Å². The molecular formula is C23H32N6O4. The van der Waals surface area contributed by atoms with Crippen LogP contribution in [0, 0.1) is 0 Å². The number of urea groups is 1. The molecule has 0 atom stereocenters. The summed E-state index contributed by atoms with van der Waals surface area (Å²) in [5, 5.41) is 3.17. The van der Waals surface area contributed by atoms with Gasteiger partial charge in [0.05, 0.1) is 18.6 Å². The van der Waals surface area contributed by atoms with E-state index in [-0.39, 0.29) is 24.0 Å². The summed E-state index contributed by atoms with van der Waals surface area (Å²) in [7, 11) is 1.69. The fraction of sp³-hybridized carbons (Fsp3) is 0.609. The Balaban J connectivity index is 1.42. The number of hydrogen-bond acceptors (Lipinski definition) is 7. The molecule has 1 aliphatic heterocycles. The molecule has 1 saturated carbocycles. The minimum Gasteiger partial charge on any atom is -0.466 e. The fourth-order valence-corrected chi connectivity index (χ4v) is 4.84. The van der Waals surface area contributed by atoms with Gasteiger partial charge < -0.3 is 19.9 Å². The number of rotatable bonds is 5. The predicted molar refractivity (Wildman–Crippen MR) is 124 cm³/mol. The van der Waals surface area contributed by atoms with Crippen LogP contribution in [0.2, 0.25) is 0 Å². The first-order valence-electron chi connectivity index (χ1n) is 11.7. The lowest BCUT2D eigenvalue weighted by atomic mass is 9.79. The number of ether oxygens (including phenoxy) is 1. The van der Waals surface area contributed by atoms with Crippen molar-refractivity contribution in [3.63, 3.8) is 0 Å². The molecule has 33 heavy (non-hydrogen) atoms. The maximum absolute atomic E-state index is 13.1. The van der Waals surface area contributed by atoms with Gasteiger partial charge in [0.2, 0.25) is 0 Å². The van der Waals surface area contributed by atoms with Gasteiger partial charge in [-0.15, -0.1) is 0 Å². The van der Waals surface area contributed by atoms with Crippen molar-refractivity contribution in [1.82, 2.24) is 24.8 Å². The maximum atomic E-state index is 13.1.